The molecule has 1 atom stereocenters. The van der Waals surface area contributed by atoms with Crippen LogP contribution in [0.15, 0.2) is 59.1 Å². The van der Waals surface area contributed by atoms with Crippen molar-refractivity contribution in [3.05, 3.63) is 70.2 Å². The average Bonchev–Trinajstić information content (AvgIpc) is 2.38. The summed E-state index contributed by atoms with van der Waals surface area (Å²) in [5.41, 5.74) is 5.33. The van der Waals surface area contributed by atoms with Crippen LogP contribution in [0.4, 0.5) is 0 Å². The van der Waals surface area contributed by atoms with Crippen molar-refractivity contribution in [1.29, 1.82) is 0 Å². The summed E-state index contributed by atoms with van der Waals surface area (Å²) in [6, 6.07) is 18.6. The normalized spacial score (nSPS) is 12.4. The minimum Gasteiger partial charge on any atom is -0.271 e. The van der Waals surface area contributed by atoms with Crippen molar-refractivity contribution in [3.8, 4) is 0 Å². The Morgan fingerprint density at radius 2 is 1.65 bits per heavy atom. The monoisotopic (exact) mass is 290 g/mol. The Labute approximate surface area is 110 Å². The molecule has 0 spiro atoms. The number of benzene rings is 2. The predicted molar refractivity (Wildman–Crippen MR) is 74.4 cm³/mol. The lowest BCUT2D eigenvalue weighted by atomic mass is 9.99. The minimum absolute atomic E-state index is 0.118. The molecule has 0 heterocycles. The van der Waals surface area contributed by atoms with Gasteiger partial charge in [0.2, 0.25) is 0 Å². The molecule has 0 saturated heterocycles. The Bertz CT molecular complexity index is 471. The van der Waals surface area contributed by atoms with Gasteiger partial charge in [-0.25, -0.2) is 0 Å². The first kappa shape index (κ1) is 12.3. The summed E-state index contributed by atoms with van der Waals surface area (Å²) in [4.78, 5) is 0. The molecule has 0 amide bonds. The van der Waals surface area contributed by atoms with E-state index < -0.39 is 0 Å². The number of hydrazine groups is 1. The van der Waals surface area contributed by atoms with Crippen LogP contribution in [0.25, 0.3) is 0 Å². The molecule has 0 radical (unpaired) electrons. The van der Waals surface area contributed by atoms with Crippen LogP contribution in [0.2, 0.25) is 0 Å². The van der Waals surface area contributed by atoms with Gasteiger partial charge in [0.05, 0.1) is 6.04 Å². The Morgan fingerprint density at radius 3 is 2.29 bits per heavy atom. The number of halogens is 1. The van der Waals surface area contributed by atoms with Crippen LogP contribution in [0.3, 0.4) is 0 Å². The van der Waals surface area contributed by atoms with E-state index in [0.717, 1.165) is 10.9 Å². The highest BCUT2D eigenvalue weighted by Crippen LogP contribution is 2.25. The molecule has 0 aliphatic rings. The van der Waals surface area contributed by atoms with Crippen molar-refractivity contribution in [2.24, 2.45) is 5.84 Å². The highest BCUT2D eigenvalue weighted by Gasteiger charge is 2.12. The number of hydrogen-bond donors (Lipinski definition) is 2. The molecule has 3 N–H and O–H groups in total. The molecule has 0 aliphatic carbocycles. The van der Waals surface area contributed by atoms with E-state index in [1.165, 1.54) is 11.1 Å². The van der Waals surface area contributed by atoms with E-state index in [1.54, 1.807) is 0 Å². The lowest BCUT2D eigenvalue weighted by molar-refractivity contribution is 0.550. The third-order valence-corrected chi connectivity index (χ3v) is 3.49. The van der Waals surface area contributed by atoms with Crippen LogP contribution >= 0.6 is 15.9 Å². The first-order valence-corrected chi connectivity index (χ1v) is 6.35. The number of nitrogens with one attached hydrogen (secondary N) is 1. The summed E-state index contributed by atoms with van der Waals surface area (Å²) in [7, 11) is 0. The van der Waals surface area contributed by atoms with Gasteiger partial charge >= 0.3 is 0 Å². The quantitative estimate of drug-likeness (QED) is 0.670. The molecule has 2 aromatic rings. The van der Waals surface area contributed by atoms with E-state index in [0.29, 0.717) is 0 Å². The molecule has 0 bridgehead atoms. The van der Waals surface area contributed by atoms with Gasteiger partial charge in [-0.1, -0.05) is 64.5 Å². The summed E-state index contributed by atoms with van der Waals surface area (Å²) >= 11 is 3.56. The zero-order chi connectivity index (χ0) is 12.1. The zero-order valence-corrected chi connectivity index (χ0v) is 11.0. The van der Waals surface area contributed by atoms with E-state index in [1.807, 2.05) is 36.4 Å². The number of nitrogens with two attached hydrogens (primary N) is 1. The fourth-order valence-electron chi connectivity index (χ4n) is 1.87. The summed E-state index contributed by atoms with van der Waals surface area (Å²) in [6.45, 7) is 0. The van der Waals surface area contributed by atoms with Crippen molar-refractivity contribution in [3.63, 3.8) is 0 Å². The van der Waals surface area contributed by atoms with Crippen molar-refractivity contribution < 1.29 is 0 Å². The summed E-state index contributed by atoms with van der Waals surface area (Å²) in [5, 5.41) is 0. The smallest absolute Gasteiger partial charge is 0.0511 e. The van der Waals surface area contributed by atoms with Crippen LogP contribution in [-0.4, -0.2) is 0 Å². The first-order chi connectivity index (χ1) is 8.31. The van der Waals surface area contributed by atoms with Gasteiger partial charge in [-0.2, -0.15) is 0 Å². The van der Waals surface area contributed by atoms with Gasteiger partial charge in [-0.3, -0.25) is 11.3 Å². The van der Waals surface area contributed by atoms with Crippen LogP contribution in [0.1, 0.15) is 17.2 Å². The summed E-state index contributed by atoms with van der Waals surface area (Å²) in [6.07, 6.45) is 0.875. The van der Waals surface area contributed by atoms with E-state index in [9.17, 15) is 0 Å². The Kier molecular flexibility index (Phi) is 4.31. The Morgan fingerprint density at radius 1 is 1.00 bits per heavy atom. The molecule has 3 heteroatoms. The van der Waals surface area contributed by atoms with E-state index in [-0.39, 0.29) is 6.04 Å². The lowest BCUT2D eigenvalue weighted by Gasteiger charge is -2.17. The zero-order valence-electron chi connectivity index (χ0n) is 9.44. The second kappa shape index (κ2) is 5.96. The maximum absolute atomic E-state index is 5.65. The first-order valence-electron chi connectivity index (χ1n) is 5.55. The third kappa shape index (κ3) is 3.16. The molecule has 2 rings (SSSR count). The van der Waals surface area contributed by atoms with Gasteiger partial charge in [-0.15, -0.1) is 0 Å². The minimum atomic E-state index is 0.118. The van der Waals surface area contributed by atoms with Crippen LogP contribution < -0.4 is 11.3 Å². The van der Waals surface area contributed by atoms with E-state index >= 15 is 0 Å². The fraction of sp³-hybridized carbons (Fsp3) is 0.143. The van der Waals surface area contributed by atoms with Gasteiger partial charge in [0.25, 0.3) is 0 Å². The third-order valence-electron chi connectivity index (χ3n) is 2.76. The number of rotatable bonds is 4. The topological polar surface area (TPSA) is 38.0 Å². The van der Waals surface area contributed by atoms with Gasteiger partial charge in [-0.05, 0) is 23.6 Å². The van der Waals surface area contributed by atoms with Crippen molar-refractivity contribution >= 4 is 15.9 Å². The largest absolute Gasteiger partial charge is 0.271 e. The molecule has 0 fully saturated rings. The number of hydrogen-bond acceptors (Lipinski definition) is 2. The maximum Gasteiger partial charge on any atom is 0.0511 e. The molecular formula is C14H15BrN2. The van der Waals surface area contributed by atoms with Gasteiger partial charge in [0, 0.05) is 4.47 Å². The molecule has 2 nitrogen and oxygen atoms in total. The summed E-state index contributed by atoms with van der Waals surface area (Å²) in [5.74, 6) is 5.65. The SMILES string of the molecule is NNC(Cc1ccccc1)c1ccccc1Br. The van der Waals surface area contributed by atoms with E-state index in [2.05, 4.69) is 39.6 Å². The van der Waals surface area contributed by atoms with Crippen LogP contribution in [0.5, 0.6) is 0 Å². The standard InChI is InChI=1S/C14H15BrN2/c15-13-9-5-4-8-12(13)14(17-16)10-11-6-2-1-3-7-11/h1-9,14,17H,10,16H2. The molecule has 0 saturated carbocycles. The van der Waals surface area contributed by atoms with Crippen LogP contribution in [-0.2, 0) is 6.42 Å². The average molecular weight is 291 g/mol. The molecule has 0 aliphatic heterocycles. The van der Waals surface area contributed by atoms with E-state index in [4.69, 9.17) is 5.84 Å². The van der Waals surface area contributed by atoms with Crippen LogP contribution in [0, 0.1) is 0 Å². The molecule has 17 heavy (non-hydrogen) atoms. The van der Waals surface area contributed by atoms with Crippen molar-refractivity contribution in [1.82, 2.24) is 5.43 Å². The van der Waals surface area contributed by atoms with Gasteiger partial charge in [0.1, 0.15) is 0 Å². The molecule has 2 aromatic carbocycles. The molecular weight excluding hydrogens is 276 g/mol. The summed E-state index contributed by atoms with van der Waals surface area (Å²) < 4.78 is 1.08. The molecule has 88 valence electrons. The van der Waals surface area contributed by atoms with Crippen molar-refractivity contribution in [2.45, 2.75) is 12.5 Å². The molecule has 1 unspecified atom stereocenters. The lowest BCUT2D eigenvalue weighted by Crippen LogP contribution is -2.29. The Hall–Kier alpha value is -1.16. The van der Waals surface area contributed by atoms with Crippen molar-refractivity contribution in [2.75, 3.05) is 0 Å². The second-order valence-electron chi connectivity index (χ2n) is 3.93. The highest BCUT2D eigenvalue weighted by atomic mass is 79.9. The second-order valence-corrected chi connectivity index (χ2v) is 4.78. The fourth-order valence-corrected chi connectivity index (χ4v) is 2.43. The molecule has 0 aromatic heterocycles. The highest BCUT2D eigenvalue weighted by molar-refractivity contribution is 9.10. The predicted octanol–water partition coefficient (Wildman–Crippen LogP) is 3.20. The van der Waals surface area contributed by atoms with Gasteiger partial charge < -0.3 is 0 Å². The van der Waals surface area contributed by atoms with Gasteiger partial charge in [0.15, 0.2) is 0 Å². The maximum atomic E-state index is 5.65. The Balaban J connectivity index is 2.21.